The molecule has 0 aromatic heterocycles. The summed E-state index contributed by atoms with van der Waals surface area (Å²) in [5.41, 5.74) is -0.403. The molecular weight excluding hydrogens is 243 g/mol. The third kappa shape index (κ3) is 1.65. The summed E-state index contributed by atoms with van der Waals surface area (Å²) in [6.45, 7) is 0. The van der Waals surface area contributed by atoms with Crippen molar-refractivity contribution in [2.45, 2.75) is 0 Å². The van der Waals surface area contributed by atoms with Gasteiger partial charge in [-0.2, -0.15) is 0 Å². The summed E-state index contributed by atoms with van der Waals surface area (Å²) in [5.74, 6) is -1.24. The second-order valence-corrected chi connectivity index (χ2v) is 3.11. The van der Waals surface area contributed by atoms with E-state index in [1.165, 1.54) is 7.11 Å². The summed E-state index contributed by atoms with van der Waals surface area (Å²) in [5, 5.41) is 9.32. The minimum absolute atomic E-state index is 0.0449. The van der Waals surface area contributed by atoms with Gasteiger partial charge in [-0.15, -0.1) is 0 Å². The minimum Gasteiger partial charge on any atom is -0.504 e. The van der Waals surface area contributed by atoms with E-state index in [0.717, 1.165) is 6.07 Å². The number of aldehydes is 1. The molecule has 0 bridgehead atoms. The smallest absolute Gasteiger partial charge is 0.175 e. The second-order valence-electron chi connectivity index (χ2n) is 2.25. The quantitative estimate of drug-likeness (QED) is 0.816. The van der Waals surface area contributed by atoms with Crippen LogP contribution in [-0.4, -0.2) is 18.5 Å². The molecule has 0 radical (unpaired) electrons. The van der Waals surface area contributed by atoms with Crippen LogP contribution in [0.25, 0.3) is 0 Å². The SMILES string of the molecule is COc1c(Br)cc(F)c(C=O)c1O. The molecule has 1 N–H and O–H groups in total. The van der Waals surface area contributed by atoms with Gasteiger partial charge >= 0.3 is 0 Å². The number of hydrogen-bond acceptors (Lipinski definition) is 3. The molecule has 0 heterocycles. The lowest BCUT2D eigenvalue weighted by atomic mass is 10.2. The van der Waals surface area contributed by atoms with Crippen molar-refractivity contribution < 1.29 is 19.0 Å². The first kappa shape index (κ1) is 9.98. The number of halogens is 2. The van der Waals surface area contributed by atoms with E-state index in [4.69, 9.17) is 4.74 Å². The molecule has 0 aliphatic carbocycles. The van der Waals surface area contributed by atoms with Crippen LogP contribution in [0.1, 0.15) is 10.4 Å². The molecule has 0 saturated heterocycles. The number of aromatic hydroxyl groups is 1. The van der Waals surface area contributed by atoms with E-state index in [0.29, 0.717) is 0 Å². The first-order valence-electron chi connectivity index (χ1n) is 3.32. The number of methoxy groups -OCH3 is 1. The van der Waals surface area contributed by atoms with Crippen molar-refractivity contribution in [2.75, 3.05) is 7.11 Å². The van der Waals surface area contributed by atoms with Gasteiger partial charge in [0, 0.05) is 0 Å². The molecule has 70 valence electrons. The van der Waals surface area contributed by atoms with E-state index in [9.17, 15) is 14.3 Å². The predicted molar refractivity (Wildman–Crippen MR) is 47.7 cm³/mol. The first-order chi connectivity index (χ1) is 6.11. The Kier molecular flexibility index (Phi) is 2.87. The van der Waals surface area contributed by atoms with E-state index < -0.39 is 17.1 Å². The molecule has 0 fully saturated rings. The molecule has 1 aromatic carbocycles. The standard InChI is InChI=1S/C8H6BrFO3/c1-13-8-5(9)2-6(10)4(3-11)7(8)12/h2-3,12H,1H3. The van der Waals surface area contributed by atoms with Gasteiger partial charge in [-0.1, -0.05) is 0 Å². The van der Waals surface area contributed by atoms with Crippen molar-refractivity contribution >= 4 is 22.2 Å². The number of hydrogen-bond donors (Lipinski definition) is 1. The Balaban J connectivity index is 3.47. The molecule has 0 spiro atoms. The van der Waals surface area contributed by atoms with E-state index >= 15 is 0 Å². The molecule has 0 amide bonds. The number of benzene rings is 1. The van der Waals surface area contributed by atoms with Crippen LogP contribution in [0.3, 0.4) is 0 Å². The van der Waals surface area contributed by atoms with Crippen LogP contribution in [0, 0.1) is 5.82 Å². The summed E-state index contributed by atoms with van der Waals surface area (Å²) in [7, 11) is 1.31. The van der Waals surface area contributed by atoms with Gasteiger partial charge < -0.3 is 9.84 Å². The van der Waals surface area contributed by atoms with E-state index in [-0.39, 0.29) is 16.5 Å². The highest BCUT2D eigenvalue weighted by molar-refractivity contribution is 9.10. The normalized spacial score (nSPS) is 9.77. The fourth-order valence-electron chi connectivity index (χ4n) is 0.909. The molecular formula is C8H6BrFO3. The van der Waals surface area contributed by atoms with Gasteiger partial charge in [0.1, 0.15) is 5.82 Å². The van der Waals surface area contributed by atoms with E-state index in [1.54, 1.807) is 0 Å². The van der Waals surface area contributed by atoms with Gasteiger partial charge in [0.05, 0.1) is 17.1 Å². The highest BCUT2D eigenvalue weighted by atomic mass is 79.9. The Morgan fingerprint density at radius 2 is 2.31 bits per heavy atom. The summed E-state index contributed by atoms with van der Waals surface area (Å²) >= 11 is 2.98. The van der Waals surface area contributed by atoms with Crippen LogP contribution < -0.4 is 4.74 Å². The van der Waals surface area contributed by atoms with Crippen molar-refractivity contribution in [3.8, 4) is 11.5 Å². The average molecular weight is 249 g/mol. The average Bonchev–Trinajstić information content (AvgIpc) is 2.04. The molecule has 3 nitrogen and oxygen atoms in total. The number of rotatable bonds is 2. The Labute approximate surface area is 82.3 Å². The maximum absolute atomic E-state index is 13.0. The molecule has 0 atom stereocenters. The Morgan fingerprint density at radius 1 is 1.69 bits per heavy atom. The third-order valence-electron chi connectivity index (χ3n) is 1.52. The van der Waals surface area contributed by atoms with Gasteiger partial charge in [-0.05, 0) is 22.0 Å². The topological polar surface area (TPSA) is 46.5 Å². The molecule has 0 saturated carbocycles. The van der Waals surface area contributed by atoms with Crippen LogP contribution in [0.2, 0.25) is 0 Å². The summed E-state index contributed by atoms with van der Waals surface area (Å²) in [4.78, 5) is 10.4. The highest BCUT2D eigenvalue weighted by Gasteiger charge is 2.16. The van der Waals surface area contributed by atoms with Gasteiger partial charge in [-0.3, -0.25) is 4.79 Å². The fourth-order valence-corrected chi connectivity index (χ4v) is 1.46. The number of carbonyl (C=O) groups excluding carboxylic acids is 1. The van der Waals surface area contributed by atoms with Gasteiger partial charge in [0.15, 0.2) is 17.8 Å². The minimum atomic E-state index is -0.792. The zero-order chi connectivity index (χ0) is 10.0. The maximum atomic E-state index is 13.0. The summed E-state index contributed by atoms with van der Waals surface area (Å²) in [6, 6.07) is 1.06. The number of ether oxygens (including phenoxy) is 1. The fraction of sp³-hybridized carbons (Fsp3) is 0.125. The lowest BCUT2D eigenvalue weighted by Gasteiger charge is -2.07. The van der Waals surface area contributed by atoms with Crippen molar-refractivity contribution in [1.82, 2.24) is 0 Å². The van der Waals surface area contributed by atoms with Crippen molar-refractivity contribution in [3.63, 3.8) is 0 Å². The summed E-state index contributed by atoms with van der Waals surface area (Å²) in [6.07, 6.45) is 0.236. The van der Waals surface area contributed by atoms with Crippen LogP contribution >= 0.6 is 15.9 Å². The molecule has 0 aliphatic rings. The van der Waals surface area contributed by atoms with E-state index in [2.05, 4.69) is 15.9 Å². The Hall–Kier alpha value is -1.10. The maximum Gasteiger partial charge on any atom is 0.175 e. The molecule has 0 aliphatic heterocycles. The molecule has 5 heteroatoms. The van der Waals surface area contributed by atoms with Crippen molar-refractivity contribution in [1.29, 1.82) is 0 Å². The predicted octanol–water partition coefficient (Wildman–Crippen LogP) is 2.11. The van der Waals surface area contributed by atoms with Crippen LogP contribution in [0.15, 0.2) is 10.5 Å². The third-order valence-corrected chi connectivity index (χ3v) is 2.11. The van der Waals surface area contributed by atoms with Crippen molar-refractivity contribution in [2.24, 2.45) is 0 Å². The van der Waals surface area contributed by atoms with Crippen LogP contribution in [0.4, 0.5) is 4.39 Å². The van der Waals surface area contributed by atoms with Crippen LogP contribution in [0.5, 0.6) is 11.5 Å². The lowest BCUT2D eigenvalue weighted by Crippen LogP contribution is -1.93. The van der Waals surface area contributed by atoms with Gasteiger partial charge in [0.2, 0.25) is 0 Å². The largest absolute Gasteiger partial charge is 0.504 e. The zero-order valence-corrected chi connectivity index (χ0v) is 8.26. The molecule has 0 unspecified atom stereocenters. The second kappa shape index (κ2) is 3.74. The van der Waals surface area contributed by atoms with Crippen molar-refractivity contribution in [3.05, 3.63) is 21.9 Å². The molecule has 1 rings (SSSR count). The first-order valence-corrected chi connectivity index (χ1v) is 4.11. The summed E-state index contributed by atoms with van der Waals surface area (Å²) < 4.78 is 18.0. The number of phenols is 1. The molecule has 1 aromatic rings. The Bertz CT molecular complexity index is 352. The number of carbonyl (C=O) groups is 1. The monoisotopic (exact) mass is 248 g/mol. The highest BCUT2D eigenvalue weighted by Crippen LogP contribution is 2.37. The van der Waals surface area contributed by atoms with Gasteiger partial charge in [0.25, 0.3) is 0 Å². The van der Waals surface area contributed by atoms with Crippen LogP contribution in [-0.2, 0) is 0 Å². The molecule has 13 heavy (non-hydrogen) atoms. The Morgan fingerprint density at radius 3 is 2.77 bits per heavy atom. The van der Waals surface area contributed by atoms with E-state index in [1.807, 2.05) is 0 Å². The zero-order valence-electron chi connectivity index (χ0n) is 6.67. The number of phenolic OH excluding ortho intramolecular Hbond substituents is 1. The lowest BCUT2D eigenvalue weighted by molar-refractivity contribution is 0.111. The van der Waals surface area contributed by atoms with Gasteiger partial charge in [-0.25, -0.2) is 4.39 Å².